The van der Waals surface area contributed by atoms with Crippen LogP contribution >= 0.6 is 0 Å². The standard InChI is InChI=1S/C28H33F2N5O3/c1-15-11-22(38-14-17-18(29)9-8-10-19(17)30)25-31-16(2)23(35(25)13-15)20-12-21(34-33-20)24(27(3,4)5)28(6,7)32-26(36)37/h8-13,24,32H,14H2,1-7H3,(H,33,34)(H,36,37). The molecule has 4 aromatic rings. The smallest absolute Gasteiger partial charge is 0.405 e. The molecule has 3 heterocycles. The first-order valence-electron chi connectivity index (χ1n) is 12.3. The van der Waals surface area contributed by atoms with Gasteiger partial charge in [0.05, 0.1) is 17.0 Å². The zero-order valence-electron chi connectivity index (χ0n) is 22.6. The van der Waals surface area contributed by atoms with E-state index in [1.807, 2.05) is 65.1 Å². The number of pyridine rings is 1. The molecule has 1 atom stereocenters. The van der Waals surface area contributed by atoms with Crippen LogP contribution in [0.5, 0.6) is 5.75 Å². The predicted molar refractivity (Wildman–Crippen MR) is 140 cm³/mol. The van der Waals surface area contributed by atoms with Crippen LogP contribution in [-0.2, 0) is 6.61 Å². The lowest BCUT2D eigenvalue weighted by Crippen LogP contribution is -2.51. The van der Waals surface area contributed by atoms with Crippen LogP contribution in [0.15, 0.2) is 36.5 Å². The Labute approximate surface area is 220 Å². The van der Waals surface area contributed by atoms with Crippen LogP contribution in [0.1, 0.15) is 63.1 Å². The van der Waals surface area contributed by atoms with Crippen LogP contribution in [0.4, 0.5) is 13.6 Å². The highest BCUT2D eigenvalue weighted by molar-refractivity contribution is 5.69. The van der Waals surface area contributed by atoms with Crippen molar-refractivity contribution in [3.8, 4) is 17.1 Å². The minimum Gasteiger partial charge on any atom is -0.485 e. The second kappa shape index (κ2) is 9.74. The number of rotatable bonds is 7. The number of aryl methyl sites for hydroxylation is 2. The number of carboxylic acid groups (broad SMARTS) is 1. The molecule has 0 fully saturated rings. The topological polar surface area (TPSA) is 105 Å². The molecular weight excluding hydrogens is 492 g/mol. The van der Waals surface area contributed by atoms with Gasteiger partial charge in [0.1, 0.15) is 23.9 Å². The lowest BCUT2D eigenvalue weighted by molar-refractivity contribution is 0.152. The number of aromatic amines is 1. The number of halogens is 2. The van der Waals surface area contributed by atoms with Crippen molar-refractivity contribution in [3.05, 3.63) is 70.7 Å². The third-order valence-electron chi connectivity index (χ3n) is 6.60. The maximum absolute atomic E-state index is 14.2. The van der Waals surface area contributed by atoms with E-state index in [2.05, 4.69) is 20.5 Å². The van der Waals surface area contributed by atoms with Crippen LogP contribution in [-0.4, -0.2) is 36.3 Å². The van der Waals surface area contributed by atoms with E-state index in [4.69, 9.17) is 4.74 Å². The number of H-pyrrole nitrogens is 1. The Morgan fingerprint density at radius 3 is 2.42 bits per heavy atom. The van der Waals surface area contributed by atoms with Crippen LogP contribution in [0, 0.1) is 30.9 Å². The fourth-order valence-electron chi connectivity index (χ4n) is 5.48. The SMILES string of the molecule is Cc1cc(OCc2c(F)cccc2F)c2nc(C)c(-c3cc(C(C(C)(C)C)C(C)(C)NC(=O)O)[nH]n3)n2c1. The summed E-state index contributed by atoms with van der Waals surface area (Å²) in [6, 6.07) is 7.38. The normalized spacial score (nSPS) is 13.1. The summed E-state index contributed by atoms with van der Waals surface area (Å²) in [6.45, 7) is 13.3. The van der Waals surface area contributed by atoms with Crippen molar-refractivity contribution in [1.29, 1.82) is 0 Å². The number of nitrogens with zero attached hydrogens (tertiary/aromatic N) is 3. The summed E-state index contributed by atoms with van der Waals surface area (Å²) in [5, 5.41) is 19.8. The van der Waals surface area contributed by atoms with Gasteiger partial charge in [0.25, 0.3) is 0 Å². The van der Waals surface area contributed by atoms with Crippen molar-refractivity contribution in [2.45, 2.75) is 66.5 Å². The highest BCUT2D eigenvalue weighted by Crippen LogP contribution is 2.43. The molecular formula is C28H33F2N5O3. The number of imidazole rings is 1. The molecule has 0 aliphatic rings. The van der Waals surface area contributed by atoms with Gasteiger partial charge in [0, 0.05) is 23.3 Å². The molecule has 0 radical (unpaired) electrons. The average molecular weight is 526 g/mol. The highest BCUT2D eigenvalue weighted by atomic mass is 19.1. The van der Waals surface area contributed by atoms with Gasteiger partial charge in [-0.15, -0.1) is 0 Å². The lowest BCUT2D eigenvalue weighted by atomic mass is 9.68. The Morgan fingerprint density at radius 1 is 1.16 bits per heavy atom. The Kier molecular flexibility index (Phi) is 6.94. The first-order valence-corrected chi connectivity index (χ1v) is 12.3. The molecule has 0 saturated heterocycles. The number of nitrogens with one attached hydrogen (secondary N) is 2. The van der Waals surface area contributed by atoms with Crippen LogP contribution in [0.3, 0.4) is 0 Å². The van der Waals surface area contributed by atoms with Gasteiger partial charge in [-0.05, 0) is 62.9 Å². The highest BCUT2D eigenvalue weighted by Gasteiger charge is 2.41. The second-order valence-corrected chi connectivity index (χ2v) is 11.3. The lowest BCUT2D eigenvalue weighted by Gasteiger charge is -2.42. The van der Waals surface area contributed by atoms with Crippen molar-refractivity contribution >= 4 is 11.7 Å². The van der Waals surface area contributed by atoms with E-state index in [0.717, 1.165) is 17.0 Å². The number of fused-ring (bicyclic) bond motifs is 1. The number of benzene rings is 1. The molecule has 0 spiro atoms. The Bertz CT molecular complexity index is 1480. The van der Waals surface area contributed by atoms with E-state index in [1.54, 1.807) is 6.07 Å². The summed E-state index contributed by atoms with van der Waals surface area (Å²) < 4.78 is 36.0. The molecule has 38 heavy (non-hydrogen) atoms. The van der Waals surface area contributed by atoms with Gasteiger partial charge in [-0.3, -0.25) is 9.50 Å². The molecule has 0 aliphatic carbocycles. The Balaban J connectivity index is 1.75. The van der Waals surface area contributed by atoms with E-state index in [9.17, 15) is 18.7 Å². The third-order valence-corrected chi connectivity index (χ3v) is 6.60. The van der Waals surface area contributed by atoms with Crippen LogP contribution < -0.4 is 10.1 Å². The summed E-state index contributed by atoms with van der Waals surface area (Å²) in [7, 11) is 0. The van der Waals surface area contributed by atoms with Crippen molar-refractivity contribution < 1.29 is 23.4 Å². The molecule has 3 aromatic heterocycles. The minimum absolute atomic E-state index is 0.154. The van der Waals surface area contributed by atoms with Gasteiger partial charge in [-0.2, -0.15) is 5.10 Å². The van der Waals surface area contributed by atoms with Gasteiger partial charge in [-0.25, -0.2) is 18.6 Å². The van der Waals surface area contributed by atoms with E-state index >= 15 is 0 Å². The zero-order chi connectivity index (χ0) is 28.0. The summed E-state index contributed by atoms with van der Waals surface area (Å²) in [4.78, 5) is 16.2. The van der Waals surface area contributed by atoms with Gasteiger partial charge in [-0.1, -0.05) is 26.8 Å². The number of hydrogen-bond donors (Lipinski definition) is 3. The Morgan fingerprint density at radius 2 is 1.82 bits per heavy atom. The molecule has 1 amide bonds. The fraction of sp³-hybridized carbons (Fsp3) is 0.393. The molecule has 8 nitrogen and oxygen atoms in total. The second-order valence-electron chi connectivity index (χ2n) is 11.3. The molecule has 3 N–H and O–H groups in total. The number of amides is 1. The predicted octanol–water partition coefficient (Wildman–Crippen LogP) is 6.37. The van der Waals surface area contributed by atoms with E-state index < -0.39 is 23.3 Å². The maximum Gasteiger partial charge on any atom is 0.405 e. The average Bonchev–Trinajstić information content (AvgIpc) is 3.34. The van der Waals surface area contributed by atoms with E-state index in [-0.39, 0.29) is 23.5 Å². The molecule has 202 valence electrons. The maximum atomic E-state index is 14.2. The number of carbonyl (C=O) groups is 1. The van der Waals surface area contributed by atoms with Gasteiger partial charge in [0.15, 0.2) is 11.4 Å². The molecule has 0 saturated carbocycles. The first kappa shape index (κ1) is 27.1. The molecule has 10 heteroatoms. The largest absolute Gasteiger partial charge is 0.485 e. The van der Waals surface area contributed by atoms with Crippen LogP contribution in [0.25, 0.3) is 17.0 Å². The first-order chi connectivity index (χ1) is 17.7. The van der Waals surface area contributed by atoms with E-state index in [0.29, 0.717) is 22.8 Å². The molecule has 1 aromatic carbocycles. The number of aromatic nitrogens is 4. The quantitative estimate of drug-likeness (QED) is 0.260. The van der Waals surface area contributed by atoms with E-state index in [1.165, 1.54) is 18.2 Å². The van der Waals surface area contributed by atoms with Crippen molar-refractivity contribution in [2.75, 3.05) is 0 Å². The van der Waals surface area contributed by atoms with Crippen LogP contribution in [0.2, 0.25) is 0 Å². The van der Waals surface area contributed by atoms with Gasteiger partial charge >= 0.3 is 6.09 Å². The summed E-state index contributed by atoms with van der Waals surface area (Å²) in [5.41, 5.74) is 2.92. The van der Waals surface area contributed by atoms with Gasteiger partial charge < -0.3 is 15.2 Å². The molecule has 0 bridgehead atoms. The number of hydrogen-bond acceptors (Lipinski definition) is 4. The number of ether oxygens (including phenoxy) is 1. The monoisotopic (exact) mass is 525 g/mol. The van der Waals surface area contributed by atoms with Crippen molar-refractivity contribution in [2.24, 2.45) is 5.41 Å². The third kappa shape index (κ3) is 5.20. The summed E-state index contributed by atoms with van der Waals surface area (Å²) >= 11 is 0. The fourth-order valence-corrected chi connectivity index (χ4v) is 5.48. The molecule has 4 rings (SSSR count). The minimum atomic E-state index is -1.10. The van der Waals surface area contributed by atoms with Gasteiger partial charge in [0.2, 0.25) is 0 Å². The zero-order valence-corrected chi connectivity index (χ0v) is 22.6. The molecule has 1 unspecified atom stereocenters. The van der Waals surface area contributed by atoms with Crippen molar-refractivity contribution in [1.82, 2.24) is 24.9 Å². The molecule has 0 aliphatic heterocycles. The summed E-state index contributed by atoms with van der Waals surface area (Å²) in [6.07, 6.45) is 0.798. The summed E-state index contributed by atoms with van der Waals surface area (Å²) in [5.74, 6) is -1.20. The van der Waals surface area contributed by atoms with Crippen molar-refractivity contribution in [3.63, 3.8) is 0 Å². The Hall–Kier alpha value is -3.95.